The van der Waals surface area contributed by atoms with E-state index in [1.165, 1.54) is 6.07 Å². The van der Waals surface area contributed by atoms with Gasteiger partial charge >= 0.3 is 5.97 Å². The molecule has 5 heteroatoms. The summed E-state index contributed by atoms with van der Waals surface area (Å²) >= 11 is 3.39. The molecule has 1 atom stereocenters. The summed E-state index contributed by atoms with van der Waals surface area (Å²) in [5, 5.41) is 12.3. The normalized spacial score (nSPS) is 11.9. The first-order chi connectivity index (χ1) is 9.49. The van der Waals surface area contributed by atoms with Gasteiger partial charge in [0, 0.05) is 10.5 Å². The van der Waals surface area contributed by atoms with Gasteiger partial charge in [0.2, 0.25) is 0 Å². The van der Waals surface area contributed by atoms with Crippen LogP contribution in [0.5, 0.6) is 0 Å². The van der Waals surface area contributed by atoms with Crippen molar-refractivity contribution in [1.29, 1.82) is 0 Å². The molecule has 0 aliphatic carbocycles. The summed E-state index contributed by atoms with van der Waals surface area (Å²) in [7, 11) is 0. The van der Waals surface area contributed by atoms with E-state index < -0.39 is 5.97 Å². The summed E-state index contributed by atoms with van der Waals surface area (Å²) in [4.78, 5) is 11.1. The number of halogens is 1. The Balaban J connectivity index is 2.23. The number of carboxylic acids is 1. The molecule has 0 saturated heterocycles. The third-order valence-corrected chi connectivity index (χ3v) is 3.61. The van der Waals surface area contributed by atoms with E-state index in [2.05, 4.69) is 21.2 Å². The Morgan fingerprint density at radius 2 is 1.90 bits per heavy atom. The Bertz CT molecular complexity index is 626. The van der Waals surface area contributed by atoms with Crippen molar-refractivity contribution in [1.82, 2.24) is 0 Å². The van der Waals surface area contributed by atoms with Gasteiger partial charge in [-0.15, -0.1) is 0 Å². The van der Waals surface area contributed by atoms with Crippen LogP contribution in [-0.2, 0) is 0 Å². The maximum atomic E-state index is 11.1. The molecule has 0 saturated carbocycles. The smallest absolute Gasteiger partial charge is 0.337 e. The minimum atomic E-state index is -1.03. The first kappa shape index (κ1) is 14.4. The second kappa shape index (κ2) is 5.96. The van der Waals surface area contributed by atoms with Gasteiger partial charge in [-0.3, -0.25) is 0 Å². The first-order valence-corrected chi connectivity index (χ1v) is 6.92. The first-order valence-electron chi connectivity index (χ1n) is 6.13. The van der Waals surface area contributed by atoms with Crippen molar-refractivity contribution < 1.29 is 9.90 Å². The number of carbonyl (C=O) groups is 1. The quantitative estimate of drug-likeness (QED) is 0.741. The van der Waals surface area contributed by atoms with Crippen LogP contribution in [-0.4, -0.2) is 11.1 Å². The maximum Gasteiger partial charge on any atom is 0.337 e. The number of carboxylic acid groups (broad SMARTS) is 1. The Labute approximate surface area is 125 Å². The highest BCUT2D eigenvalue weighted by atomic mass is 79.9. The van der Waals surface area contributed by atoms with Gasteiger partial charge in [0.05, 0.1) is 16.9 Å². The lowest BCUT2D eigenvalue weighted by atomic mass is 10.1. The molecule has 2 aromatic carbocycles. The number of aromatic carboxylic acids is 1. The van der Waals surface area contributed by atoms with E-state index >= 15 is 0 Å². The zero-order chi connectivity index (χ0) is 14.7. The fourth-order valence-corrected chi connectivity index (χ4v) is 2.21. The number of nitrogens with one attached hydrogen (secondary N) is 1. The fourth-order valence-electron chi connectivity index (χ4n) is 1.95. The second-order valence-corrected chi connectivity index (χ2v) is 5.41. The van der Waals surface area contributed by atoms with Gasteiger partial charge in [0.15, 0.2) is 0 Å². The summed E-state index contributed by atoms with van der Waals surface area (Å²) in [6.07, 6.45) is 0. The van der Waals surface area contributed by atoms with Gasteiger partial charge in [-0.1, -0.05) is 34.1 Å². The van der Waals surface area contributed by atoms with E-state index in [1.807, 2.05) is 31.2 Å². The lowest BCUT2D eigenvalue weighted by Crippen LogP contribution is -2.11. The molecule has 0 aliphatic heterocycles. The fraction of sp³-hybridized carbons (Fsp3) is 0.133. The van der Waals surface area contributed by atoms with Crippen molar-refractivity contribution in [3.63, 3.8) is 0 Å². The van der Waals surface area contributed by atoms with Crippen molar-refractivity contribution >= 4 is 33.3 Å². The van der Waals surface area contributed by atoms with Crippen LogP contribution in [0.4, 0.5) is 11.4 Å². The highest BCUT2D eigenvalue weighted by Gasteiger charge is 2.13. The van der Waals surface area contributed by atoms with E-state index in [0.29, 0.717) is 5.69 Å². The number of para-hydroxylation sites is 1. The Morgan fingerprint density at radius 1 is 1.25 bits per heavy atom. The minimum Gasteiger partial charge on any atom is -0.478 e. The largest absolute Gasteiger partial charge is 0.478 e. The SMILES string of the molecule is CC(Nc1cccc(C(=O)O)c1N)c1ccc(Br)cc1. The average molecular weight is 335 g/mol. The average Bonchev–Trinajstić information content (AvgIpc) is 2.41. The van der Waals surface area contributed by atoms with Crippen molar-refractivity contribution in [2.24, 2.45) is 0 Å². The van der Waals surface area contributed by atoms with Gasteiger partial charge in [0.1, 0.15) is 0 Å². The molecule has 2 aromatic rings. The molecule has 0 spiro atoms. The molecular weight excluding hydrogens is 320 g/mol. The second-order valence-electron chi connectivity index (χ2n) is 4.49. The summed E-state index contributed by atoms with van der Waals surface area (Å²) in [5.41, 5.74) is 7.96. The maximum absolute atomic E-state index is 11.1. The molecule has 104 valence electrons. The predicted octanol–water partition coefficient (Wildman–Crippen LogP) is 3.90. The number of rotatable bonds is 4. The molecule has 0 amide bonds. The van der Waals surface area contributed by atoms with Gasteiger partial charge in [-0.2, -0.15) is 0 Å². The van der Waals surface area contributed by atoms with Crippen LogP contribution in [0.1, 0.15) is 28.9 Å². The molecule has 20 heavy (non-hydrogen) atoms. The van der Waals surface area contributed by atoms with Crippen molar-refractivity contribution in [3.05, 3.63) is 58.1 Å². The van der Waals surface area contributed by atoms with Crippen LogP contribution in [0.2, 0.25) is 0 Å². The third kappa shape index (κ3) is 3.11. The number of hydrogen-bond donors (Lipinski definition) is 3. The standard InChI is InChI=1S/C15H15BrN2O2/c1-9(10-5-7-11(16)8-6-10)18-13-4-2-3-12(14(13)17)15(19)20/h2-9,18H,17H2,1H3,(H,19,20). The molecule has 0 aliphatic rings. The van der Waals surface area contributed by atoms with E-state index in [4.69, 9.17) is 10.8 Å². The number of nitrogen functional groups attached to an aromatic ring is 1. The summed E-state index contributed by atoms with van der Waals surface area (Å²) in [6.45, 7) is 2.00. The predicted molar refractivity (Wildman–Crippen MR) is 84.0 cm³/mol. The zero-order valence-corrected chi connectivity index (χ0v) is 12.5. The topological polar surface area (TPSA) is 75.3 Å². The van der Waals surface area contributed by atoms with Crippen LogP contribution in [0.15, 0.2) is 46.9 Å². The van der Waals surface area contributed by atoms with E-state index in [1.54, 1.807) is 12.1 Å². The molecular formula is C15H15BrN2O2. The van der Waals surface area contributed by atoms with Crippen LogP contribution in [0.3, 0.4) is 0 Å². The number of anilines is 2. The van der Waals surface area contributed by atoms with Crippen molar-refractivity contribution in [3.8, 4) is 0 Å². The van der Waals surface area contributed by atoms with Crippen LogP contribution >= 0.6 is 15.9 Å². The van der Waals surface area contributed by atoms with Gasteiger partial charge in [0.25, 0.3) is 0 Å². The number of nitrogens with two attached hydrogens (primary N) is 1. The lowest BCUT2D eigenvalue weighted by molar-refractivity contribution is 0.0698. The van der Waals surface area contributed by atoms with Gasteiger partial charge in [-0.05, 0) is 36.8 Å². The summed E-state index contributed by atoms with van der Waals surface area (Å²) in [5.74, 6) is -1.03. The molecule has 0 heterocycles. The number of benzene rings is 2. The highest BCUT2D eigenvalue weighted by Crippen LogP contribution is 2.27. The van der Waals surface area contributed by atoms with E-state index in [0.717, 1.165) is 10.0 Å². The molecule has 0 radical (unpaired) electrons. The molecule has 4 N–H and O–H groups in total. The molecule has 1 unspecified atom stereocenters. The van der Waals surface area contributed by atoms with Crippen LogP contribution in [0, 0.1) is 0 Å². The molecule has 4 nitrogen and oxygen atoms in total. The van der Waals surface area contributed by atoms with E-state index in [-0.39, 0.29) is 17.3 Å². The van der Waals surface area contributed by atoms with Gasteiger partial charge < -0.3 is 16.2 Å². The molecule has 0 fully saturated rings. The summed E-state index contributed by atoms with van der Waals surface area (Å²) in [6, 6.07) is 12.9. The van der Waals surface area contributed by atoms with E-state index in [9.17, 15) is 4.79 Å². The molecule has 0 bridgehead atoms. The summed E-state index contributed by atoms with van der Waals surface area (Å²) < 4.78 is 1.01. The molecule has 0 aromatic heterocycles. The van der Waals surface area contributed by atoms with Crippen LogP contribution in [0.25, 0.3) is 0 Å². The zero-order valence-electron chi connectivity index (χ0n) is 10.9. The highest BCUT2D eigenvalue weighted by molar-refractivity contribution is 9.10. The third-order valence-electron chi connectivity index (χ3n) is 3.08. The molecule has 2 rings (SSSR count). The van der Waals surface area contributed by atoms with Gasteiger partial charge in [-0.25, -0.2) is 4.79 Å². The van der Waals surface area contributed by atoms with Crippen LogP contribution < -0.4 is 11.1 Å². The minimum absolute atomic E-state index is 0.0226. The number of hydrogen-bond acceptors (Lipinski definition) is 3. The Morgan fingerprint density at radius 3 is 2.50 bits per heavy atom. The Hall–Kier alpha value is -2.01. The van der Waals surface area contributed by atoms with Crippen molar-refractivity contribution in [2.75, 3.05) is 11.1 Å². The van der Waals surface area contributed by atoms with Crippen molar-refractivity contribution in [2.45, 2.75) is 13.0 Å². The Kier molecular flexibility index (Phi) is 4.29. The lowest BCUT2D eigenvalue weighted by Gasteiger charge is -2.18. The monoisotopic (exact) mass is 334 g/mol.